The summed E-state index contributed by atoms with van der Waals surface area (Å²) in [6, 6.07) is 7.54. The fourth-order valence-electron chi connectivity index (χ4n) is 2.01. The highest BCUT2D eigenvalue weighted by atomic mass is 16.5. The van der Waals surface area contributed by atoms with E-state index < -0.39 is 0 Å². The van der Waals surface area contributed by atoms with Gasteiger partial charge in [-0.1, -0.05) is 24.3 Å². The van der Waals surface area contributed by atoms with Crippen LogP contribution in [0, 0.1) is 0 Å². The largest absolute Gasteiger partial charge is 0.392 e. The maximum absolute atomic E-state index is 11.8. The summed E-state index contributed by atoms with van der Waals surface area (Å²) in [5, 5.41) is 11.8. The summed E-state index contributed by atoms with van der Waals surface area (Å²) in [6.07, 6.45) is 2.64. The molecular weight excluding hydrogens is 230 g/mol. The third-order valence-corrected chi connectivity index (χ3v) is 3.14. The lowest BCUT2D eigenvalue weighted by atomic mass is 10.1. The number of aliphatic hydroxyl groups is 1. The van der Waals surface area contributed by atoms with Gasteiger partial charge < -0.3 is 15.2 Å². The van der Waals surface area contributed by atoms with Crippen LogP contribution in [0.25, 0.3) is 0 Å². The molecule has 1 aliphatic rings. The number of amides is 1. The Balaban J connectivity index is 1.80. The summed E-state index contributed by atoms with van der Waals surface area (Å²) < 4.78 is 5.42. The molecule has 4 heteroatoms. The van der Waals surface area contributed by atoms with Crippen LogP contribution >= 0.6 is 0 Å². The molecule has 0 spiro atoms. The minimum Gasteiger partial charge on any atom is -0.392 e. The molecule has 0 aliphatic carbocycles. The Morgan fingerprint density at radius 3 is 2.61 bits per heavy atom. The van der Waals surface area contributed by atoms with Gasteiger partial charge in [-0.15, -0.1) is 0 Å². The van der Waals surface area contributed by atoms with E-state index in [2.05, 4.69) is 5.32 Å². The monoisotopic (exact) mass is 249 g/mol. The predicted molar refractivity (Wildman–Crippen MR) is 67.8 cm³/mol. The van der Waals surface area contributed by atoms with Gasteiger partial charge in [0.2, 0.25) is 5.91 Å². The van der Waals surface area contributed by atoms with Crippen molar-refractivity contribution < 1.29 is 14.6 Å². The van der Waals surface area contributed by atoms with E-state index in [1.54, 1.807) is 0 Å². The van der Waals surface area contributed by atoms with Crippen LogP contribution < -0.4 is 5.32 Å². The molecule has 1 saturated heterocycles. The van der Waals surface area contributed by atoms with Gasteiger partial charge in [-0.25, -0.2) is 0 Å². The van der Waals surface area contributed by atoms with Crippen LogP contribution in [0.3, 0.4) is 0 Å². The predicted octanol–water partition coefficient (Wildman–Crippen LogP) is 1.36. The lowest BCUT2D eigenvalue weighted by Crippen LogP contribution is -2.37. The fraction of sp³-hybridized carbons (Fsp3) is 0.500. The average Bonchev–Trinajstić information content (AvgIpc) is 2.46. The summed E-state index contributed by atoms with van der Waals surface area (Å²) in [6.45, 7) is 1.23. The molecule has 0 radical (unpaired) electrons. The molecular formula is C14H19NO3. The van der Waals surface area contributed by atoms with E-state index >= 15 is 0 Å². The normalized spacial score (nSPS) is 19.5. The molecule has 1 aromatic rings. The van der Waals surface area contributed by atoms with E-state index in [9.17, 15) is 4.79 Å². The third kappa shape index (κ3) is 3.55. The molecule has 2 rings (SSSR count). The van der Waals surface area contributed by atoms with E-state index in [1.165, 1.54) is 0 Å². The van der Waals surface area contributed by atoms with Gasteiger partial charge in [0.15, 0.2) is 0 Å². The van der Waals surface area contributed by atoms with Crippen LogP contribution in [0.15, 0.2) is 24.3 Å². The van der Waals surface area contributed by atoms with Crippen LogP contribution in [-0.2, 0) is 22.7 Å². The Morgan fingerprint density at radius 1 is 1.28 bits per heavy atom. The van der Waals surface area contributed by atoms with E-state index in [0.29, 0.717) is 13.2 Å². The first-order valence-corrected chi connectivity index (χ1v) is 6.37. The summed E-state index contributed by atoms with van der Waals surface area (Å²) in [5.41, 5.74) is 1.90. The Kier molecular flexibility index (Phi) is 4.73. The second kappa shape index (κ2) is 6.52. The van der Waals surface area contributed by atoms with Gasteiger partial charge in [-0.3, -0.25) is 4.79 Å². The van der Waals surface area contributed by atoms with Crippen molar-refractivity contribution in [2.75, 3.05) is 6.61 Å². The Bertz CT molecular complexity index is 383. The Hall–Kier alpha value is -1.39. The topological polar surface area (TPSA) is 58.6 Å². The van der Waals surface area contributed by atoms with E-state index in [0.717, 1.165) is 30.4 Å². The van der Waals surface area contributed by atoms with Crippen molar-refractivity contribution in [3.05, 3.63) is 35.4 Å². The standard InChI is InChI=1S/C14H19NO3/c16-10-12-6-4-11(5-7-12)9-15-14(17)13-3-1-2-8-18-13/h4-7,13,16H,1-3,8-10H2,(H,15,17). The van der Waals surface area contributed by atoms with Crippen molar-refractivity contribution in [1.29, 1.82) is 0 Å². The molecule has 4 nitrogen and oxygen atoms in total. The molecule has 0 saturated carbocycles. The Labute approximate surface area is 107 Å². The smallest absolute Gasteiger partial charge is 0.249 e. The molecule has 1 fully saturated rings. The van der Waals surface area contributed by atoms with Crippen LogP contribution in [0.2, 0.25) is 0 Å². The summed E-state index contributed by atoms with van der Waals surface area (Å²) in [4.78, 5) is 11.8. The van der Waals surface area contributed by atoms with Crippen LogP contribution in [0.4, 0.5) is 0 Å². The lowest BCUT2D eigenvalue weighted by molar-refractivity contribution is -0.135. The zero-order chi connectivity index (χ0) is 12.8. The van der Waals surface area contributed by atoms with Gasteiger partial charge in [0.1, 0.15) is 6.10 Å². The highest BCUT2D eigenvalue weighted by Gasteiger charge is 2.21. The number of nitrogens with one attached hydrogen (secondary N) is 1. The number of hydrogen-bond donors (Lipinski definition) is 2. The number of benzene rings is 1. The highest BCUT2D eigenvalue weighted by molar-refractivity contribution is 5.80. The summed E-state index contributed by atoms with van der Waals surface area (Å²) >= 11 is 0. The minimum absolute atomic E-state index is 0.0269. The molecule has 1 aromatic carbocycles. The zero-order valence-electron chi connectivity index (χ0n) is 10.4. The maximum Gasteiger partial charge on any atom is 0.249 e. The third-order valence-electron chi connectivity index (χ3n) is 3.14. The Morgan fingerprint density at radius 2 is 2.00 bits per heavy atom. The lowest BCUT2D eigenvalue weighted by Gasteiger charge is -2.21. The van der Waals surface area contributed by atoms with Gasteiger partial charge in [-0.05, 0) is 30.4 Å². The second-order valence-corrected chi connectivity index (χ2v) is 4.55. The maximum atomic E-state index is 11.8. The van der Waals surface area contributed by atoms with Gasteiger partial charge >= 0.3 is 0 Å². The number of ether oxygens (including phenoxy) is 1. The quantitative estimate of drug-likeness (QED) is 0.847. The summed E-state index contributed by atoms with van der Waals surface area (Å²) in [5.74, 6) is -0.0269. The van der Waals surface area contributed by atoms with Gasteiger partial charge in [-0.2, -0.15) is 0 Å². The van der Waals surface area contributed by atoms with Crippen molar-refractivity contribution in [3.63, 3.8) is 0 Å². The van der Waals surface area contributed by atoms with E-state index in [-0.39, 0.29) is 18.6 Å². The first-order valence-electron chi connectivity index (χ1n) is 6.37. The molecule has 1 atom stereocenters. The SMILES string of the molecule is O=C(NCc1ccc(CO)cc1)C1CCCCO1. The zero-order valence-corrected chi connectivity index (χ0v) is 10.4. The van der Waals surface area contributed by atoms with E-state index in [4.69, 9.17) is 9.84 Å². The van der Waals surface area contributed by atoms with Crippen molar-refractivity contribution in [2.24, 2.45) is 0 Å². The van der Waals surface area contributed by atoms with Gasteiger partial charge in [0.25, 0.3) is 0 Å². The molecule has 18 heavy (non-hydrogen) atoms. The van der Waals surface area contributed by atoms with Crippen molar-refractivity contribution in [1.82, 2.24) is 5.32 Å². The number of carbonyl (C=O) groups excluding carboxylic acids is 1. The van der Waals surface area contributed by atoms with Crippen molar-refractivity contribution >= 4 is 5.91 Å². The van der Waals surface area contributed by atoms with Crippen molar-refractivity contribution in [2.45, 2.75) is 38.5 Å². The molecule has 1 heterocycles. The number of rotatable bonds is 4. The van der Waals surface area contributed by atoms with Crippen molar-refractivity contribution in [3.8, 4) is 0 Å². The molecule has 2 N–H and O–H groups in total. The van der Waals surface area contributed by atoms with Crippen LogP contribution in [0.1, 0.15) is 30.4 Å². The highest BCUT2D eigenvalue weighted by Crippen LogP contribution is 2.13. The molecule has 98 valence electrons. The first-order chi connectivity index (χ1) is 8.79. The second-order valence-electron chi connectivity index (χ2n) is 4.55. The number of carbonyl (C=O) groups is 1. The molecule has 0 aromatic heterocycles. The first kappa shape index (κ1) is 13.1. The number of hydrogen-bond acceptors (Lipinski definition) is 3. The average molecular weight is 249 g/mol. The minimum atomic E-state index is -0.282. The van der Waals surface area contributed by atoms with Crippen LogP contribution in [0.5, 0.6) is 0 Å². The number of aliphatic hydroxyl groups excluding tert-OH is 1. The van der Waals surface area contributed by atoms with E-state index in [1.807, 2.05) is 24.3 Å². The van der Waals surface area contributed by atoms with Gasteiger partial charge in [0, 0.05) is 13.2 Å². The molecule has 1 amide bonds. The molecule has 1 unspecified atom stereocenters. The molecule has 1 aliphatic heterocycles. The van der Waals surface area contributed by atoms with Gasteiger partial charge in [0.05, 0.1) is 6.61 Å². The van der Waals surface area contributed by atoms with Crippen LogP contribution in [-0.4, -0.2) is 23.7 Å². The molecule has 0 bridgehead atoms. The summed E-state index contributed by atoms with van der Waals surface area (Å²) in [7, 11) is 0. The fourth-order valence-corrected chi connectivity index (χ4v) is 2.01.